The normalized spacial score (nSPS) is 10.6. The second kappa shape index (κ2) is 5.81. The minimum absolute atomic E-state index is 0.649. The van der Waals surface area contributed by atoms with Crippen molar-refractivity contribution in [1.82, 2.24) is 25.1 Å². The monoisotopic (exact) mass is 299 g/mol. The SMILES string of the molecule is c1ccc(-c2cc(-c3n[nH]c(-c4ccncc4)n3)ccn2)cc1. The fraction of sp³-hybridized carbons (Fsp3) is 0. The summed E-state index contributed by atoms with van der Waals surface area (Å²) in [6.45, 7) is 0. The average Bonchev–Trinajstić information content (AvgIpc) is 3.14. The Morgan fingerprint density at radius 2 is 1.52 bits per heavy atom. The molecule has 0 bridgehead atoms. The van der Waals surface area contributed by atoms with Crippen LogP contribution in [0.1, 0.15) is 0 Å². The third-order valence-electron chi connectivity index (χ3n) is 3.53. The summed E-state index contributed by atoms with van der Waals surface area (Å²) >= 11 is 0. The van der Waals surface area contributed by atoms with Crippen LogP contribution in [0.3, 0.4) is 0 Å². The van der Waals surface area contributed by atoms with E-state index in [1.165, 1.54) is 0 Å². The van der Waals surface area contributed by atoms with Gasteiger partial charge in [0, 0.05) is 35.3 Å². The molecule has 0 saturated carbocycles. The number of hydrogen-bond acceptors (Lipinski definition) is 4. The van der Waals surface area contributed by atoms with Crippen LogP contribution < -0.4 is 0 Å². The molecule has 4 rings (SSSR count). The molecule has 3 aromatic heterocycles. The molecule has 0 aliphatic rings. The van der Waals surface area contributed by atoms with Crippen molar-refractivity contribution in [3.05, 3.63) is 73.2 Å². The molecule has 4 aromatic rings. The molecule has 5 heteroatoms. The van der Waals surface area contributed by atoms with Gasteiger partial charge in [-0.25, -0.2) is 4.98 Å². The second-order valence-electron chi connectivity index (χ2n) is 5.04. The maximum atomic E-state index is 4.56. The lowest BCUT2D eigenvalue weighted by Gasteiger charge is -2.02. The lowest BCUT2D eigenvalue weighted by Crippen LogP contribution is -1.86. The Morgan fingerprint density at radius 1 is 0.739 bits per heavy atom. The van der Waals surface area contributed by atoms with Crippen LogP contribution in [0.4, 0.5) is 0 Å². The van der Waals surface area contributed by atoms with Crippen LogP contribution >= 0.6 is 0 Å². The third kappa shape index (κ3) is 2.72. The fourth-order valence-electron chi connectivity index (χ4n) is 2.37. The standard InChI is InChI=1S/C18H13N5/c1-2-4-13(5-3-1)16-12-15(8-11-20-16)18-21-17(22-23-18)14-6-9-19-10-7-14/h1-12H,(H,21,22,23). The maximum absolute atomic E-state index is 4.56. The van der Waals surface area contributed by atoms with Crippen molar-refractivity contribution >= 4 is 0 Å². The molecule has 0 amide bonds. The van der Waals surface area contributed by atoms with Gasteiger partial charge in [-0.2, -0.15) is 5.10 Å². The predicted molar refractivity (Wildman–Crippen MR) is 88.3 cm³/mol. The summed E-state index contributed by atoms with van der Waals surface area (Å²) in [6.07, 6.45) is 5.25. The second-order valence-corrected chi connectivity index (χ2v) is 5.04. The highest BCUT2D eigenvalue weighted by molar-refractivity contribution is 5.67. The molecule has 110 valence electrons. The Labute approximate surface area is 133 Å². The number of aromatic nitrogens is 5. The number of pyridine rings is 2. The molecule has 0 aliphatic carbocycles. The van der Waals surface area contributed by atoms with E-state index in [0.717, 1.165) is 28.2 Å². The molecule has 0 atom stereocenters. The van der Waals surface area contributed by atoms with E-state index in [0.29, 0.717) is 5.82 Å². The minimum Gasteiger partial charge on any atom is -0.265 e. The summed E-state index contributed by atoms with van der Waals surface area (Å²) in [7, 11) is 0. The summed E-state index contributed by atoms with van der Waals surface area (Å²) in [5.41, 5.74) is 3.85. The molecule has 1 aromatic carbocycles. The van der Waals surface area contributed by atoms with Gasteiger partial charge in [-0.15, -0.1) is 0 Å². The number of benzene rings is 1. The molecule has 0 saturated heterocycles. The topological polar surface area (TPSA) is 67.3 Å². The van der Waals surface area contributed by atoms with Crippen molar-refractivity contribution in [3.8, 4) is 34.0 Å². The Hall–Kier alpha value is -3.34. The van der Waals surface area contributed by atoms with Gasteiger partial charge in [-0.05, 0) is 24.3 Å². The van der Waals surface area contributed by atoms with Crippen LogP contribution in [-0.2, 0) is 0 Å². The lowest BCUT2D eigenvalue weighted by atomic mass is 10.1. The first-order valence-electron chi connectivity index (χ1n) is 7.25. The predicted octanol–water partition coefficient (Wildman–Crippen LogP) is 3.60. The van der Waals surface area contributed by atoms with Gasteiger partial charge < -0.3 is 0 Å². The smallest absolute Gasteiger partial charge is 0.181 e. The van der Waals surface area contributed by atoms with E-state index in [9.17, 15) is 0 Å². The van der Waals surface area contributed by atoms with Crippen molar-refractivity contribution in [2.45, 2.75) is 0 Å². The highest BCUT2D eigenvalue weighted by Crippen LogP contribution is 2.23. The van der Waals surface area contributed by atoms with Gasteiger partial charge in [0.2, 0.25) is 0 Å². The molecule has 23 heavy (non-hydrogen) atoms. The number of hydrogen-bond donors (Lipinski definition) is 1. The maximum Gasteiger partial charge on any atom is 0.181 e. The van der Waals surface area contributed by atoms with Gasteiger partial charge in [0.05, 0.1) is 5.69 Å². The molecular weight excluding hydrogens is 286 g/mol. The van der Waals surface area contributed by atoms with Crippen LogP contribution in [0.5, 0.6) is 0 Å². The van der Waals surface area contributed by atoms with Crippen LogP contribution in [0.15, 0.2) is 73.2 Å². The van der Waals surface area contributed by atoms with Crippen molar-refractivity contribution in [2.75, 3.05) is 0 Å². The van der Waals surface area contributed by atoms with E-state index in [1.54, 1.807) is 18.6 Å². The van der Waals surface area contributed by atoms with E-state index in [4.69, 9.17) is 0 Å². The zero-order valence-corrected chi connectivity index (χ0v) is 12.2. The third-order valence-corrected chi connectivity index (χ3v) is 3.53. The molecule has 0 unspecified atom stereocenters. The first-order chi connectivity index (χ1) is 11.4. The molecule has 1 N–H and O–H groups in total. The van der Waals surface area contributed by atoms with Gasteiger partial charge in [-0.1, -0.05) is 30.3 Å². The lowest BCUT2D eigenvalue weighted by molar-refractivity contribution is 1.10. The summed E-state index contributed by atoms with van der Waals surface area (Å²) in [4.78, 5) is 13.0. The number of aromatic amines is 1. The fourth-order valence-corrected chi connectivity index (χ4v) is 2.37. The first-order valence-corrected chi connectivity index (χ1v) is 7.25. The summed E-state index contributed by atoms with van der Waals surface area (Å²) < 4.78 is 0. The van der Waals surface area contributed by atoms with E-state index in [1.807, 2.05) is 54.6 Å². The van der Waals surface area contributed by atoms with Crippen molar-refractivity contribution < 1.29 is 0 Å². The van der Waals surface area contributed by atoms with Crippen molar-refractivity contribution in [1.29, 1.82) is 0 Å². The molecule has 0 fully saturated rings. The quantitative estimate of drug-likeness (QED) is 0.627. The van der Waals surface area contributed by atoms with Gasteiger partial charge in [0.1, 0.15) is 0 Å². The van der Waals surface area contributed by atoms with Gasteiger partial charge in [0.25, 0.3) is 0 Å². The van der Waals surface area contributed by atoms with E-state index in [2.05, 4.69) is 25.1 Å². The Kier molecular flexibility index (Phi) is 3.37. The zero-order valence-electron chi connectivity index (χ0n) is 12.2. The summed E-state index contributed by atoms with van der Waals surface area (Å²) in [6, 6.07) is 17.7. The van der Waals surface area contributed by atoms with Crippen LogP contribution in [0.2, 0.25) is 0 Å². The summed E-state index contributed by atoms with van der Waals surface area (Å²) in [5, 5.41) is 7.28. The largest absolute Gasteiger partial charge is 0.265 e. The average molecular weight is 299 g/mol. The Morgan fingerprint density at radius 3 is 2.35 bits per heavy atom. The van der Waals surface area contributed by atoms with Gasteiger partial charge in [0.15, 0.2) is 11.6 Å². The number of H-pyrrole nitrogens is 1. The molecule has 0 radical (unpaired) electrons. The van der Waals surface area contributed by atoms with E-state index < -0.39 is 0 Å². The zero-order chi connectivity index (χ0) is 15.5. The highest BCUT2D eigenvalue weighted by atomic mass is 15.2. The van der Waals surface area contributed by atoms with Crippen LogP contribution in [0, 0.1) is 0 Å². The molecular formula is C18H13N5. The van der Waals surface area contributed by atoms with E-state index in [-0.39, 0.29) is 0 Å². The number of nitrogens with one attached hydrogen (secondary N) is 1. The number of nitrogens with zero attached hydrogens (tertiary/aromatic N) is 4. The van der Waals surface area contributed by atoms with Crippen molar-refractivity contribution in [2.24, 2.45) is 0 Å². The molecule has 0 spiro atoms. The minimum atomic E-state index is 0.649. The Bertz CT molecular complexity index is 916. The highest BCUT2D eigenvalue weighted by Gasteiger charge is 2.09. The summed E-state index contributed by atoms with van der Waals surface area (Å²) in [5.74, 6) is 1.37. The number of rotatable bonds is 3. The van der Waals surface area contributed by atoms with Crippen LogP contribution in [0.25, 0.3) is 34.0 Å². The molecule has 0 aliphatic heterocycles. The molecule has 3 heterocycles. The molecule has 5 nitrogen and oxygen atoms in total. The van der Waals surface area contributed by atoms with Crippen LogP contribution in [-0.4, -0.2) is 25.1 Å². The first kappa shape index (κ1) is 13.3. The Balaban J connectivity index is 1.71. The van der Waals surface area contributed by atoms with Gasteiger partial charge in [-0.3, -0.25) is 15.1 Å². The van der Waals surface area contributed by atoms with Gasteiger partial charge >= 0.3 is 0 Å². The van der Waals surface area contributed by atoms with Crippen molar-refractivity contribution in [3.63, 3.8) is 0 Å². The van der Waals surface area contributed by atoms with E-state index >= 15 is 0 Å².